The predicted octanol–water partition coefficient (Wildman–Crippen LogP) is 3.48. The third-order valence-electron chi connectivity index (χ3n) is 2.11. The molecule has 0 aromatic heterocycles. The number of ether oxygens (including phenoxy) is 1. The van der Waals surface area contributed by atoms with Crippen LogP contribution in [0.1, 0.15) is 34.1 Å². The molecule has 0 saturated heterocycles. The summed E-state index contributed by atoms with van der Waals surface area (Å²) in [4.78, 5) is 23.1. The Morgan fingerprint density at radius 3 is 2.65 bits per heavy atom. The minimum atomic E-state index is -0.475. The van der Waals surface area contributed by atoms with E-state index in [0.29, 0.717) is 23.9 Å². The summed E-state index contributed by atoms with van der Waals surface area (Å²) in [6.07, 6.45) is 0.398. The summed E-state index contributed by atoms with van der Waals surface area (Å²) in [5, 5.41) is 0.840. The van der Waals surface area contributed by atoms with Gasteiger partial charge in [-0.3, -0.25) is 4.79 Å². The van der Waals surface area contributed by atoms with Crippen molar-refractivity contribution in [3.8, 4) is 0 Å². The zero-order chi connectivity index (χ0) is 12.8. The minimum absolute atomic E-state index is 0.0146. The van der Waals surface area contributed by atoms with E-state index in [-0.39, 0.29) is 16.4 Å². The van der Waals surface area contributed by atoms with E-state index >= 15 is 0 Å². The number of carbonyl (C=O) groups excluding carboxylic acids is 2. The van der Waals surface area contributed by atoms with Crippen molar-refractivity contribution in [2.24, 2.45) is 0 Å². The standard InChI is InChI=1S/C12H12BrClO3/c1-2-17-12(16)9-4-3-8(7-10(9)14)11(15)5-6-13/h3-4,7H,2,5-6H2,1H3. The van der Waals surface area contributed by atoms with Gasteiger partial charge in [-0.15, -0.1) is 0 Å². The summed E-state index contributed by atoms with van der Waals surface area (Å²) in [7, 11) is 0. The van der Waals surface area contributed by atoms with E-state index < -0.39 is 5.97 Å². The van der Waals surface area contributed by atoms with Crippen molar-refractivity contribution in [1.29, 1.82) is 0 Å². The average molecular weight is 320 g/mol. The van der Waals surface area contributed by atoms with E-state index in [0.717, 1.165) is 0 Å². The molecule has 0 radical (unpaired) electrons. The molecular formula is C12H12BrClO3. The Morgan fingerprint density at radius 2 is 2.12 bits per heavy atom. The molecule has 0 unspecified atom stereocenters. The minimum Gasteiger partial charge on any atom is -0.462 e. The van der Waals surface area contributed by atoms with Gasteiger partial charge < -0.3 is 4.74 Å². The highest BCUT2D eigenvalue weighted by atomic mass is 79.9. The largest absolute Gasteiger partial charge is 0.462 e. The van der Waals surface area contributed by atoms with E-state index in [2.05, 4.69) is 15.9 Å². The number of hydrogen-bond acceptors (Lipinski definition) is 3. The van der Waals surface area contributed by atoms with Gasteiger partial charge in [0.1, 0.15) is 0 Å². The van der Waals surface area contributed by atoms with Gasteiger partial charge in [0.25, 0.3) is 0 Å². The number of ketones is 1. The molecule has 0 atom stereocenters. The summed E-state index contributed by atoms with van der Waals surface area (Å²) in [6, 6.07) is 4.60. The van der Waals surface area contributed by atoms with Crippen LogP contribution < -0.4 is 0 Å². The third kappa shape index (κ3) is 3.82. The fourth-order valence-electron chi connectivity index (χ4n) is 1.29. The van der Waals surface area contributed by atoms with Crippen LogP contribution >= 0.6 is 27.5 Å². The molecule has 92 valence electrons. The van der Waals surface area contributed by atoms with Gasteiger partial charge >= 0.3 is 5.97 Å². The molecular weight excluding hydrogens is 307 g/mol. The third-order valence-corrected chi connectivity index (χ3v) is 2.82. The van der Waals surface area contributed by atoms with Crippen molar-refractivity contribution < 1.29 is 14.3 Å². The van der Waals surface area contributed by atoms with Crippen LogP contribution in [0.5, 0.6) is 0 Å². The highest BCUT2D eigenvalue weighted by Gasteiger charge is 2.14. The van der Waals surface area contributed by atoms with Crippen molar-refractivity contribution in [3.05, 3.63) is 34.3 Å². The lowest BCUT2D eigenvalue weighted by Crippen LogP contribution is -2.07. The second kappa shape index (κ2) is 6.77. The maximum Gasteiger partial charge on any atom is 0.339 e. The number of benzene rings is 1. The molecule has 0 fully saturated rings. The maximum absolute atomic E-state index is 11.6. The summed E-state index contributed by atoms with van der Waals surface area (Å²) in [5.74, 6) is -0.490. The molecule has 1 rings (SSSR count). The van der Waals surface area contributed by atoms with Crippen LogP contribution in [-0.4, -0.2) is 23.7 Å². The fourth-order valence-corrected chi connectivity index (χ4v) is 1.91. The van der Waals surface area contributed by atoms with Gasteiger partial charge in [-0.1, -0.05) is 33.6 Å². The predicted molar refractivity (Wildman–Crippen MR) is 70.2 cm³/mol. The van der Waals surface area contributed by atoms with E-state index in [4.69, 9.17) is 16.3 Å². The first-order valence-corrected chi connectivity index (χ1v) is 6.66. The van der Waals surface area contributed by atoms with Gasteiger partial charge in [0, 0.05) is 17.3 Å². The molecule has 0 spiro atoms. The number of halogens is 2. The summed E-state index contributed by atoms with van der Waals surface area (Å²) in [6.45, 7) is 2.01. The number of esters is 1. The lowest BCUT2D eigenvalue weighted by Gasteiger charge is -2.05. The van der Waals surface area contributed by atoms with Gasteiger partial charge in [-0.2, -0.15) is 0 Å². The van der Waals surface area contributed by atoms with E-state index in [1.54, 1.807) is 13.0 Å². The first kappa shape index (κ1) is 14.2. The zero-order valence-electron chi connectivity index (χ0n) is 9.33. The number of rotatable bonds is 5. The Labute approximate surface area is 113 Å². The molecule has 5 heteroatoms. The average Bonchev–Trinajstić information content (AvgIpc) is 2.29. The Hall–Kier alpha value is -0.870. The lowest BCUT2D eigenvalue weighted by atomic mass is 10.1. The van der Waals surface area contributed by atoms with Gasteiger partial charge in [0.2, 0.25) is 0 Å². The molecule has 3 nitrogen and oxygen atoms in total. The summed E-state index contributed by atoms with van der Waals surface area (Å²) >= 11 is 9.14. The molecule has 1 aromatic rings. The Bertz CT molecular complexity index is 432. The number of hydrogen-bond donors (Lipinski definition) is 0. The number of Topliss-reactive ketones (excluding diaryl/α,β-unsaturated/α-hetero) is 1. The number of alkyl halides is 1. The zero-order valence-corrected chi connectivity index (χ0v) is 11.7. The van der Waals surface area contributed by atoms with Gasteiger partial charge in [0.05, 0.1) is 17.2 Å². The molecule has 0 saturated carbocycles. The molecule has 0 amide bonds. The molecule has 17 heavy (non-hydrogen) atoms. The van der Waals surface area contributed by atoms with Crippen LogP contribution in [-0.2, 0) is 4.74 Å². The van der Waals surface area contributed by atoms with Crippen molar-refractivity contribution in [1.82, 2.24) is 0 Å². The second-order valence-corrected chi connectivity index (χ2v) is 4.48. The summed E-state index contributed by atoms with van der Waals surface area (Å²) in [5.41, 5.74) is 0.784. The molecule has 0 aliphatic heterocycles. The highest BCUT2D eigenvalue weighted by molar-refractivity contribution is 9.09. The van der Waals surface area contributed by atoms with Crippen LogP contribution in [0.25, 0.3) is 0 Å². The fraction of sp³-hybridized carbons (Fsp3) is 0.333. The monoisotopic (exact) mass is 318 g/mol. The Morgan fingerprint density at radius 1 is 1.41 bits per heavy atom. The van der Waals surface area contributed by atoms with Crippen LogP contribution in [0.4, 0.5) is 0 Å². The van der Waals surface area contributed by atoms with Crippen molar-refractivity contribution in [2.75, 3.05) is 11.9 Å². The first-order valence-electron chi connectivity index (χ1n) is 5.16. The van der Waals surface area contributed by atoms with E-state index in [9.17, 15) is 9.59 Å². The van der Waals surface area contributed by atoms with Crippen molar-refractivity contribution >= 4 is 39.3 Å². The van der Waals surface area contributed by atoms with Crippen LogP contribution in [0.2, 0.25) is 5.02 Å². The van der Waals surface area contributed by atoms with Gasteiger partial charge in [-0.25, -0.2) is 4.79 Å². The first-order chi connectivity index (χ1) is 8.10. The molecule has 0 N–H and O–H groups in total. The van der Waals surface area contributed by atoms with Crippen molar-refractivity contribution in [2.45, 2.75) is 13.3 Å². The molecule has 1 aromatic carbocycles. The van der Waals surface area contributed by atoms with Crippen LogP contribution in [0.15, 0.2) is 18.2 Å². The second-order valence-electron chi connectivity index (χ2n) is 3.28. The molecule has 0 heterocycles. The smallest absolute Gasteiger partial charge is 0.339 e. The Balaban J connectivity index is 2.93. The number of carbonyl (C=O) groups is 2. The topological polar surface area (TPSA) is 43.4 Å². The van der Waals surface area contributed by atoms with Gasteiger partial charge in [0.15, 0.2) is 5.78 Å². The summed E-state index contributed by atoms with van der Waals surface area (Å²) < 4.78 is 4.84. The van der Waals surface area contributed by atoms with E-state index in [1.807, 2.05) is 0 Å². The molecule has 0 bridgehead atoms. The Kier molecular flexibility index (Phi) is 5.65. The molecule has 0 aliphatic carbocycles. The SMILES string of the molecule is CCOC(=O)c1ccc(C(=O)CCBr)cc1Cl. The van der Waals surface area contributed by atoms with E-state index in [1.165, 1.54) is 12.1 Å². The van der Waals surface area contributed by atoms with Gasteiger partial charge in [-0.05, 0) is 19.1 Å². The normalized spacial score (nSPS) is 10.1. The van der Waals surface area contributed by atoms with Crippen LogP contribution in [0, 0.1) is 0 Å². The quantitative estimate of drug-likeness (QED) is 0.474. The lowest BCUT2D eigenvalue weighted by molar-refractivity contribution is 0.0526. The van der Waals surface area contributed by atoms with Crippen molar-refractivity contribution in [3.63, 3.8) is 0 Å². The molecule has 0 aliphatic rings. The highest BCUT2D eigenvalue weighted by Crippen LogP contribution is 2.20. The van der Waals surface area contributed by atoms with Crippen LogP contribution in [0.3, 0.4) is 0 Å². The maximum atomic E-state index is 11.6.